The van der Waals surface area contributed by atoms with Crippen LogP contribution in [0.15, 0.2) is 4.99 Å². The molecule has 0 radical (unpaired) electrons. The average Bonchev–Trinajstić information content (AvgIpc) is 2.28. The monoisotopic (exact) mass is 244 g/mol. The SMILES string of the molecule is CCOCCNC(=NC)NCC(C)(C)N(C)C. The van der Waals surface area contributed by atoms with Crippen LogP contribution in [0.2, 0.25) is 0 Å². The molecule has 0 rings (SSSR count). The van der Waals surface area contributed by atoms with Crippen molar-refractivity contribution in [3.63, 3.8) is 0 Å². The second kappa shape index (κ2) is 8.31. The van der Waals surface area contributed by atoms with Crippen LogP contribution in [-0.2, 0) is 4.74 Å². The highest BCUT2D eigenvalue weighted by molar-refractivity contribution is 5.79. The van der Waals surface area contributed by atoms with Crippen molar-refractivity contribution >= 4 is 5.96 Å². The predicted octanol–water partition coefficient (Wildman–Crippen LogP) is 0.528. The van der Waals surface area contributed by atoms with Crippen molar-refractivity contribution < 1.29 is 4.74 Å². The van der Waals surface area contributed by atoms with Gasteiger partial charge < -0.3 is 20.3 Å². The molecule has 0 aliphatic carbocycles. The third kappa shape index (κ3) is 7.18. The van der Waals surface area contributed by atoms with Gasteiger partial charge in [-0.3, -0.25) is 4.99 Å². The van der Waals surface area contributed by atoms with E-state index >= 15 is 0 Å². The number of ether oxygens (including phenoxy) is 1. The number of nitrogens with one attached hydrogen (secondary N) is 2. The Bertz CT molecular complexity index is 227. The second-order valence-corrected chi connectivity index (χ2v) is 4.76. The zero-order valence-corrected chi connectivity index (χ0v) is 12.1. The topological polar surface area (TPSA) is 48.9 Å². The van der Waals surface area contributed by atoms with Gasteiger partial charge in [0.15, 0.2) is 5.96 Å². The van der Waals surface area contributed by atoms with Crippen LogP contribution in [0.4, 0.5) is 0 Å². The maximum Gasteiger partial charge on any atom is 0.191 e. The molecular formula is C12H28N4O. The van der Waals surface area contributed by atoms with Crippen molar-refractivity contribution in [3.05, 3.63) is 0 Å². The van der Waals surface area contributed by atoms with Gasteiger partial charge in [-0.25, -0.2) is 0 Å². The van der Waals surface area contributed by atoms with Gasteiger partial charge in [-0.2, -0.15) is 0 Å². The lowest BCUT2D eigenvalue weighted by atomic mass is 10.0. The molecule has 0 saturated heterocycles. The molecule has 0 bridgehead atoms. The van der Waals surface area contributed by atoms with E-state index in [1.54, 1.807) is 7.05 Å². The van der Waals surface area contributed by atoms with Crippen molar-refractivity contribution in [2.75, 3.05) is 47.4 Å². The van der Waals surface area contributed by atoms with Gasteiger partial charge in [0.05, 0.1) is 6.61 Å². The van der Waals surface area contributed by atoms with Crippen LogP contribution in [0.25, 0.3) is 0 Å². The summed E-state index contributed by atoms with van der Waals surface area (Å²) in [5.74, 6) is 0.819. The van der Waals surface area contributed by atoms with E-state index in [2.05, 4.69) is 48.5 Å². The summed E-state index contributed by atoms with van der Waals surface area (Å²) >= 11 is 0. The fourth-order valence-electron chi connectivity index (χ4n) is 1.06. The quantitative estimate of drug-likeness (QED) is 0.390. The Balaban J connectivity index is 3.91. The molecule has 102 valence electrons. The molecule has 0 saturated carbocycles. The summed E-state index contributed by atoms with van der Waals surface area (Å²) in [5.41, 5.74) is 0.0948. The van der Waals surface area contributed by atoms with E-state index in [0.29, 0.717) is 6.61 Å². The molecule has 0 fully saturated rings. The fourth-order valence-corrected chi connectivity index (χ4v) is 1.06. The van der Waals surface area contributed by atoms with E-state index < -0.39 is 0 Å². The summed E-state index contributed by atoms with van der Waals surface area (Å²) in [5, 5.41) is 6.52. The first-order valence-corrected chi connectivity index (χ1v) is 6.13. The highest BCUT2D eigenvalue weighted by atomic mass is 16.5. The van der Waals surface area contributed by atoms with Gasteiger partial charge in [-0.1, -0.05) is 0 Å². The molecule has 0 heterocycles. The molecule has 0 aliphatic rings. The van der Waals surface area contributed by atoms with Gasteiger partial charge in [0.25, 0.3) is 0 Å². The summed E-state index contributed by atoms with van der Waals surface area (Å²) in [6.45, 7) is 9.44. The molecule has 17 heavy (non-hydrogen) atoms. The lowest BCUT2D eigenvalue weighted by Crippen LogP contribution is -2.51. The van der Waals surface area contributed by atoms with E-state index in [9.17, 15) is 0 Å². The van der Waals surface area contributed by atoms with E-state index in [1.165, 1.54) is 0 Å². The highest BCUT2D eigenvalue weighted by Gasteiger charge is 2.20. The zero-order valence-electron chi connectivity index (χ0n) is 12.1. The standard InChI is InChI=1S/C12H28N4O/c1-7-17-9-8-14-11(13-4)15-10-12(2,3)16(5)6/h7-10H2,1-6H3,(H2,13,14,15). The Kier molecular flexibility index (Phi) is 7.91. The third-order valence-electron chi connectivity index (χ3n) is 2.87. The molecule has 5 heteroatoms. The molecule has 0 aromatic carbocycles. The molecule has 0 spiro atoms. The Morgan fingerprint density at radius 3 is 2.41 bits per heavy atom. The maximum absolute atomic E-state index is 5.26. The van der Waals surface area contributed by atoms with Crippen molar-refractivity contribution in [2.45, 2.75) is 26.3 Å². The van der Waals surface area contributed by atoms with Crippen molar-refractivity contribution in [3.8, 4) is 0 Å². The largest absolute Gasteiger partial charge is 0.380 e. The average molecular weight is 244 g/mol. The van der Waals surface area contributed by atoms with Crippen molar-refractivity contribution in [2.24, 2.45) is 4.99 Å². The second-order valence-electron chi connectivity index (χ2n) is 4.76. The normalized spacial score (nSPS) is 13.0. The number of rotatable bonds is 7. The van der Waals surface area contributed by atoms with Gasteiger partial charge in [0.2, 0.25) is 0 Å². The van der Waals surface area contributed by atoms with Crippen LogP contribution >= 0.6 is 0 Å². The Hall–Kier alpha value is -0.810. The number of hydrogen-bond donors (Lipinski definition) is 2. The number of aliphatic imine (C=N–C) groups is 1. The lowest BCUT2D eigenvalue weighted by molar-refractivity contribution is 0.152. The first kappa shape index (κ1) is 16.2. The molecule has 0 aromatic rings. The van der Waals surface area contributed by atoms with Crippen LogP contribution in [0, 0.1) is 0 Å². The molecule has 0 atom stereocenters. The molecule has 0 aliphatic heterocycles. The van der Waals surface area contributed by atoms with Gasteiger partial charge >= 0.3 is 0 Å². The fraction of sp³-hybridized carbons (Fsp3) is 0.917. The van der Waals surface area contributed by atoms with Gasteiger partial charge in [-0.15, -0.1) is 0 Å². The van der Waals surface area contributed by atoms with Gasteiger partial charge in [0, 0.05) is 32.3 Å². The van der Waals surface area contributed by atoms with Crippen LogP contribution in [-0.4, -0.2) is 63.8 Å². The molecular weight excluding hydrogens is 216 g/mol. The van der Waals surface area contributed by atoms with Crippen molar-refractivity contribution in [1.82, 2.24) is 15.5 Å². The zero-order chi connectivity index (χ0) is 13.3. The molecule has 0 amide bonds. The third-order valence-corrected chi connectivity index (χ3v) is 2.87. The van der Waals surface area contributed by atoms with E-state index in [4.69, 9.17) is 4.74 Å². The Morgan fingerprint density at radius 1 is 1.29 bits per heavy atom. The molecule has 0 aromatic heterocycles. The van der Waals surface area contributed by atoms with Crippen molar-refractivity contribution in [1.29, 1.82) is 0 Å². The van der Waals surface area contributed by atoms with Crippen LogP contribution in [0.5, 0.6) is 0 Å². The van der Waals surface area contributed by atoms with Crippen LogP contribution < -0.4 is 10.6 Å². The van der Waals surface area contributed by atoms with Gasteiger partial charge in [-0.05, 0) is 34.9 Å². The first-order valence-electron chi connectivity index (χ1n) is 6.13. The number of guanidine groups is 1. The molecule has 5 nitrogen and oxygen atoms in total. The smallest absolute Gasteiger partial charge is 0.191 e. The summed E-state index contributed by atoms with van der Waals surface area (Å²) in [6, 6.07) is 0. The summed E-state index contributed by atoms with van der Waals surface area (Å²) in [7, 11) is 5.93. The minimum atomic E-state index is 0.0948. The minimum Gasteiger partial charge on any atom is -0.380 e. The van der Waals surface area contributed by atoms with E-state index in [0.717, 1.165) is 25.7 Å². The van der Waals surface area contributed by atoms with Crippen LogP contribution in [0.1, 0.15) is 20.8 Å². The van der Waals surface area contributed by atoms with E-state index in [1.807, 2.05) is 6.92 Å². The number of nitrogens with zero attached hydrogens (tertiary/aromatic N) is 2. The summed E-state index contributed by atoms with van der Waals surface area (Å²) < 4.78 is 5.26. The highest BCUT2D eigenvalue weighted by Crippen LogP contribution is 2.07. The maximum atomic E-state index is 5.26. The Labute approximate surface area is 106 Å². The predicted molar refractivity (Wildman–Crippen MR) is 73.6 cm³/mol. The number of likely N-dealkylation sites (N-methyl/N-ethyl adjacent to an activating group) is 1. The molecule has 0 unspecified atom stereocenters. The lowest BCUT2D eigenvalue weighted by Gasteiger charge is -2.33. The summed E-state index contributed by atoms with van der Waals surface area (Å²) in [4.78, 5) is 6.36. The molecule has 2 N–H and O–H groups in total. The first-order chi connectivity index (χ1) is 7.94. The van der Waals surface area contributed by atoms with Gasteiger partial charge in [0.1, 0.15) is 0 Å². The number of hydrogen-bond acceptors (Lipinski definition) is 3. The Morgan fingerprint density at radius 2 is 1.94 bits per heavy atom. The van der Waals surface area contributed by atoms with Crippen LogP contribution in [0.3, 0.4) is 0 Å². The minimum absolute atomic E-state index is 0.0948. The summed E-state index contributed by atoms with van der Waals surface area (Å²) in [6.07, 6.45) is 0. The van der Waals surface area contributed by atoms with E-state index in [-0.39, 0.29) is 5.54 Å².